The smallest absolute Gasteiger partial charge is 0.263 e. The molecule has 7 heteroatoms. The number of ether oxygens (including phenoxy) is 1. The van der Waals surface area contributed by atoms with Gasteiger partial charge in [0.15, 0.2) is 5.65 Å². The zero-order valence-electron chi connectivity index (χ0n) is 17.3. The molecule has 5 rings (SSSR count). The van der Waals surface area contributed by atoms with Crippen LogP contribution in [0, 0.1) is 5.92 Å². The second kappa shape index (κ2) is 8.73. The first kappa shape index (κ1) is 19.5. The first-order valence-electron chi connectivity index (χ1n) is 10.7. The van der Waals surface area contributed by atoms with Crippen molar-refractivity contribution >= 4 is 17.0 Å². The van der Waals surface area contributed by atoms with E-state index in [1.54, 1.807) is 10.9 Å². The Hall–Kier alpha value is -3.45. The molecule has 0 unspecified atom stereocenters. The van der Waals surface area contributed by atoms with Crippen LogP contribution in [0.1, 0.15) is 18.4 Å². The first-order valence-corrected chi connectivity index (χ1v) is 10.7. The van der Waals surface area contributed by atoms with E-state index in [0.717, 1.165) is 38.3 Å². The van der Waals surface area contributed by atoms with Gasteiger partial charge in [-0.1, -0.05) is 48.5 Å². The number of H-pyrrole nitrogens is 1. The summed E-state index contributed by atoms with van der Waals surface area (Å²) in [6.07, 6.45) is 3.61. The number of para-hydroxylation sites is 1. The van der Waals surface area contributed by atoms with Crippen molar-refractivity contribution in [2.75, 3.05) is 24.7 Å². The van der Waals surface area contributed by atoms with E-state index in [2.05, 4.69) is 27.1 Å². The molecule has 0 radical (unpaired) electrons. The number of aromatic nitrogens is 4. The summed E-state index contributed by atoms with van der Waals surface area (Å²) in [7, 11) is 0. The van der Waals surface area contributed by atoms with E-state index in [9.17, 15) is 4.79 Å². The van der Waals surface area contributed by atoms with Crippen LogP contribution in [0.4, 0.5) is 5.95 Å². The molecule has 0 saturated carbocycles. The second-order valence-electron chi connectivity index (χ2n) is 7.94. The molecule has 31 heavy (non-hydrogen) atoms. The van der Waals surface area contributed by atoms with Crippen LogP contribution >= 0.6 is 0 Å². The number of rotatable bonds is 6. The minimum atomic E-state index is -0.174. The van der Waals surface area contributed by atoms with Gasteiger partial charge in [0, 0.05) is 26.3 Å². The summed E-state index contributed by atoms with van der Waals surface area (Å²) in [6, 6.07) is 20.0. The van der Waals surface area contributed by atoms with E-state index in [4.69, 9.17) is 9.72 Å². The van der Waals surface area contributed by atoms with E-state index >= 15 is 0 Å². The molecule has 0 amide bonds. The lowest BCUT2D eigenvalue weighted by Gasteiger charge is -2.30. The van der Waals surface area contributed by atoms with Crippen molar-refractivity contribution in [2.45, 2.75) is 19.4 Å². The molecule has 1 N–H and O–H groups in total. The van der Waals surface area contributed by atoms with Crippen LogP contribution < -0.4 is 10.5 Å². The lowest BCUT2D eigenvalue weighted by molar-refractivity contribution is 0.0680. The third-order valence-electron chi connectivity index (χ3n) is 5.76. The fourth-order valence-electron chi connectivity index (χ4n) is 4.09. The molecule has 1 aliphatic heterocycles. The number of hydrogen-bond acceptors (Lipinski definition) is 5. The predicted octanol–water partition coefficient (Wildman–Crippen LogP) is 3.54. The molecule has 0 atom stereocenters. The van der Waals surface area contributed by atoms with Crippen LogP contribution in [0.5, 0.6) is 0 Å². The van der Waals surface area contributed by atoms with Gasteiger partial charge in [0.1, 0.15) is 5.39 Å². The topological polar surface area (TPSA) is 76.0 Å². The molecule has 1 aliphatic rings. The molecular formula is C24H25N5O2. The van der Waals surface area contributed by atoms with Crippen LogP contribution in [0.3, 0.4) is 0 Å². The van der Waals surface area contributed by atoms with Crippen LogP contribution in [0.2, 0.25) is 0 Å². The van der Waals surface area contributed by atoms with Gasteiger partial charge in [0.05, 0.1) is 11.9 Å². The fourth-order valence-corrected chi connectivity index (χ4v) is 4.09. The maximum atomic E-state index is 12.9. The number of anilines is 1. The standard InChI is InChI=1S/C24H25N5O2/c30-23-21-15-25-29(20-9-5-2-6-10-20)22(21)26-24(27-23)28(16-18-7-3-1-4-8-18)17-19-11-13-31-14-12-19/h1-10,15,19H,11-14,16-17H2,(H,26,27,30). The number of nitrogens with one attached hydrogen (secondary N) is 1. The molecule has 7 nitrogen and oxygen atoms in total. The average molecular weight is 415 g/mol. The molecule has 1 saturated heterocycles. The summed E-state index contributed by atoms with van der Waals surface area (Å²) in [6.45, 7) is 3.06. The quantitative estimate of drug-likeness (QED) is 0.521. The third-order valence-corrected chi connectivity index (χ3v) is 5.76. The van der Waals surface area contributed by atoms with E-state index in [0.29, 0.717) is 29.4 Å². The molecule has 0 bridgehead atoms. The SMILES string of the molecule is O=c1[nH]c(N(Cc2ccccc2)CC2CCOCC2)nc2c1cnn2-c1ccccc1. The highest BCUT2D eigenvalue weighted by molar-refractivity contribution is 5.76. The van der Waals surface area contributed by atoms with E-state index < -0.39 is 0 Å². The second-order valence-corrected chi connectivity index (χ2v) is 7.94. The Bertz CT molecular complexity index is 1200. The highest BCUT2D eigenvalue weighted by Gasteiger charge is 2.21. The highest BCUT2D eigenvalue weighted by atomic mass is 16.5. The Balaban J connectivity index is 1.55. The minimum Gasteiger partial charge on any atom is -0.381 e. The van der Waals surface area contributed by atoms with Gasteiger partial charge in [0.25, 0.3) is 5.56 Å². The van der Waals surface area contributed by atoms with Crippen LogP contribution in [0.15, 0.2) is 71.7 Å². The van der Waals surface area contributed by atoms with E-state index in [-0.39, 0.29) is 5.56 Å². The van der Waals surface area contributed by atoms with Crippen molar-refractivity contribution in [3.8, 4) is 5.69 Å². The van der Waals surface area contributed by atoms with Crippen molar-refractivity contribution in [1.29, 1.82) is 0 Å². The Morgan fingerprint density at radius 3 is 2.48 bits per heavy atom. The molecular weight excluding hydrogens is 390 g/mol. The zero-order chi connectivity index (χ0) is 21.0. The molecule has 2 aromatic heterocycles. The zero-order valence-corrected chi connectivity index (χ0v) is 17.3. The lowest BCUT2D eigenvalue weighted by atomic mass is 9.99. The molecule has 3 heterocycles. The predicted molar refractivity (Wildman–Crippen MR) is 121 cm³/mol. The summed E-state index contributed by atoms with van der Waals surface area (Å²) < 4.78 is 7.26. The van der Waals surface area contributed by atoms with Crippen molar-refractivity contribution in [1.82, 2.24) is 19.7 Å². The molecule has 2 aromatic carbocycles. The van der Waals surface area contributed by atoms with Gasteiger partial charge in [-0.05, 0) is 36.5 Å². The molecule has 4 aromatic rings. The lowest BCUT2D eigenvalue weighted by Crippen LogP contribution is -2.34. The maximum absolute atomic E-state index is 12.9. The third kappa shape index (κ3) is 4.22. The van der Waals surface area contributed by atoms with E-state index in [1.807, 2.05) is 48.5 Å². The van der Waals surface area contributed by atoms with Gasteiger partial charge in [-0.15, -0.1) is 0 Å². The normalized spacial score (nSPS) is 14.7. The van der Waals surface area contributed by atoms with Gasteiger partial charge in [-0.2, -0.15) is 10.1 Å². The molecule has 1 fully saturated rings. The highest BCUT2D eigenvalue weighted by Crippen LogP contribution is 2.22. The average Bonchev–Trinajstić information content (AvgIpc) is 3.25. The van der Waals surface area contributed by atoms with Crippen LogP contribution in [-0.4, -0.2) is 39.5 Å². The fraction of sp³-hybridized carbons (Fsp3) is 0.292. The van der Waals surface area contributed by atoms with Crippen molar-refractivity contribution < 1.29 is 4.74 Å². The minimum absolute atomic E-state index is 0.174. The van der Waals surface area contributed by atoms with Crippen LogP contribution in [-0.2, 0) is 11.3 Å². The largest absolute Gasteiger partial charge is 0.381 e. The Morgan fingerprint density at radius 2 is 1.74 bits per heavy atom. The summed E-state index contributed by atoms with van der Waals surface area (Å²) in [5.74, 6) is 1.07. The summed E-state index contributed by atoms with van der Waals surface area (Å²) in [5.41, 5.74) is 2.44. The summed E-state index contributed by atoms with van der Waals surface area (Å²) >= 11 is 0. The van der Waals surface area contributed by atoms with Gasteiger partial charge in [-0.25, -0.2) is 4.68 Å². The van der Waals surface area contributed by atoms with Crippen molar-refractivity contribution in [3.05, 3.63) is 82.8 Å². The molecule has 0 spiro atoms. The number of aromatic amines is 1. The summed E-state index contributed by atoms with van der Waals surface area (Å²) in [4.78, 5) is 22.9. The van der Waals surface area contributed by atoms with Gasteiger partial charge < -0.3 is 9.64 Å². The number of benzene rings is 2. The summed E-state index contributed by atoms with van der Waals surface area (Å²) in [5, 5.41) is 4.91. The van der Waals surface area contributed by atoms with Crippen LogP contribution in [0.25, 0.3) is 16.7 Å². The molecule has 158 valence electrons. The van der Waals surface area contributed by atoms with Gasteiger partial charge in [0.2, 0.25) is 5.95 Å². The van der Waals surface area contributed by atoms with Gasteiger partial charge >= 0.3 is 0 Å². The Labute approximate surface area is 180 Å². The van der Waals surface area contributed by atoms with Crippen molar-refractivity contribution in [2.24, 2.45) is 5.92 Å². The molecule has 0 aliphatic carbocycles. The number of hydrogen-bond donors (Lipinski definition) is 1. The maximum Gasteiger partial charge on any atom is 0.263 e. The number of nitrogens with zero attached hydrogens (tertiary/aromatic N) is 4. The first-order chi connectivity index (χ1) is 15.3. The Morgan fingerprint density at radius 1 is 1.03 bits per heavy atom. The van der Waals surface area contributed by atoms with Gasteiger partial charge in [-0.3, -0.25) is 9.78 Å². The number of fused-ring (bicyclic) bond motifs is 1. The monoisotopic (exact) mass is 415 g/mol. The van der Waals surface area contributed by atoms with Crippen molar-refractivity contribution in [3.63, 3.8) is 0 Å². The van der Waals surface area contributed by atoms with E-state index in [1.165, 1.54) is 5.56 Å². The Kier molecular flexibility index (Phi) is 5.50.